The van der Waals surface area contributed by atoms with Gasteiger partial charge in [-0.05, 0) is 47.9 Å². The maximum Gasteiger partial charge on any atom is 0.268 e. The van der Waals surface area contributed by atoms with E-state index in [1.54, 1.807) is 0 Å². The van der Waals surface area contributed by atoms with Crippen LogP contribution in [0.2, 0.25) is 18.1 Å². The fourth-order valence-electron chi connectivity index (χ4n) is 5.73. The van der Waals surface area contributed by atoms with Crippen LogP contribution in [0.5, 0.6) is 0 Å². The summed E-state index contributed by atoms with van der Waals surface area (Å²) in [5.74, 6) is 0.114. The summed E-state index contributed by atoms with van der Waals surface area (Å²) in [6.45, 7) is 15.9. The molecule has 0 amide bonds. The van der Waals surface area contributed by atoms with E-state index in [4.69, 9.17) is 13.4 Å². The molecular weight excluding hydrogens is 494 g/mol. The van der Waals surface area contributed by atoms with Crippen molar-refractivity contribution in [3.05, 3.63) is 35.9 Å². The van der Waals surface area contributed by atoms with Gasteiger partial charge in [0.2, 0.25) is 0 Å². The third kappa shape index (κ3) is 5.24. The van der Waals surface area contributed by atoms with Gasteiger partial charge in [-0.25, -0.2) is 0 Å². The minimum atomic E-state index is -3.88. The largest absolute Gasteiger partial charge is 0.415 e. The molecule has 1 saturated heterocycles. The quantitative estimate of drug-likeness (QED) is 0.225. The molecule has 5 atom stereocenters. The van der Waals surface area contributed by atoms with Gasteiger partial charge in [-0.15, -0.1) is 0 Å². The van der Waals surface area contributed by atoms with Crippen molar-refractivity contribution in [1.29, 1.82) is 0 Å². The monoisotopic (exact) mass is 537 g/mol. The van der Waals surface area contributed by atoms with Crippen LogP contribution in [0.4, 0.5) is 0 Å². The zero-order valence-corrected chi connectivity index (χ0v) is 24.7. The van der Waals surface area contributed by atoms with Gasteiger partial charge in [-0.2, -0.15) is 13.5 Å². The SMILES string of the molecule is CC1(C)[C@@H]2CC[C@@]1(CS(=O)(=O)OC[C@H]1[C@@H](CO[Si](C)(C)C(C)(C)C)N1OCc1ccccc1)C(=O)C2. The van der Waals surface area contributed by atoms with Crippen molar-refractivity contribution in [2.75, 3.05) is 19.0 Å². The maximum atomic E-state index is 13.1. The highest BCUT2D eigenvalue weighted by Crippen LogP contribution is 2.64. The zero-order valence-electron chi connectivity index (χ0n) is 22.9. The van der Waals surface area contributed by atoms with Gasteiger partial charge in [0.15, 0.2) is 8.32 Å². The lowest BCUT2D eigenvalue weighted by molar-refractivity contribution is -0.128. The van der Waals surface area contributed by atoms with E-state index in [9.17, 15) is 13.2 Å². The standard InChI is InChI=1S/C27H43NO6SSi/c1-25(2,3)36(6,7)34-18-23-22(28(23)32-16-20-11-9-8-10-12-20)17-33-35(30,31)19-27-14-13-21(15-24(27)29)26(27,4)5/h8-12,21-23H,13-19H2,1-7H3/t21-,22+,23-,27-,28?/m1/s1. The zero-order chi connectivity index (χ0) is 26.6. The summed E-state index contributed by atoms with van der Waals surface area (Å²) in [5.41, 5.74) is -0.101. The Morgan fingerprint density at radius 1 is 1.08 bits per heavy atom. The summed E-state index contributed by atoms with van der Waals surface area (Å²) in [5, 5.41) is 1.89. The van der Waals surface area contributed by atoms with E-state index in [1.165, 1.54) is 0 Å². The maximum absolute atomic E-state index is 13.1. The lowest BCUT2D eigenvalue weighted by Crippen LogP contribution is -2.43. The van der Waals surface area contributed by atoms with Crippen LogP contribution in [0.3, 0.4) is 0 Å². The fraction of sp³-hybridized carbons (Fsp3) is 0.741. The Hall–Kier alpha value is -1.10. The van der Waals surface area contributed by atoms with Crippen molar-refractivity contribution < 1.29 is 26.7 Å². The van der Waals surface area contributed by atoms with Gasteiger partial charge in [-0.1, -0.05) is 65.0 Å². The lowest BCUT2D eigenvalue weighted by atomic mass is 9.70. The molecule has 1 unspecified atom stereocenters. The first-order valence-electron chi connectivity index (χ1n) is 13.1. The molecular formula is C27H43NO6SSi. The molecule has 4 rings (SSSR count). The van der Waals surface area contributed by atoms with Crippen molar-refractivity contribution in [1.82, 2.24) is 5.06 Å². The summed E-state index contributed by atoms with van der Waals surface area (Å²) in [6, 6.07) is 9.59. The van der Waals surface area contributed by atoms with Crippen LogP contribution in [-0.4, -0.2) is 58.6 Å². The highest BCUT2D eigenvalue weighted by atomic mass is 32.2. The van der Waals surface area contributed by atoms with E-state index >= 15 is 0 Å². The molecule has 1 aliphatic heterocycles. The summed E-state index contributed by atoms with van der Waals surface area (Å²) in [7, 11) is -5.85. The second-order valence-electron chi connectivity index (χ2n) is 13.0. The van der Waals surface area contributed by atoms with Crippen LogP contribution in [0.25, 0.3) is 0 Å². The highest BCUT2D eigenvalue weighted by Gasteiger charge is 2.65. The number of Topliss-reactive ketones (excluding diaryl/α,β-unsaturated/α-hetero) is 1. The summed E-state index contributed by atoms with van der Waals surface area (Å²) in [6.07, 6.45) is 2.02. The second kappa shape index (κ2) is 9.57. The number of hydrogen-bond donors (Lipinski definition) is 0. The molecule has 0 aromatic heterocycles. The van der Waals surface area contributed by atoms with Crippen molar-refractivity contribution in [2.45, 2.75) is 90.7 Å². The molecule has 202 valence electrons. The summed E-state index contributed by atoms with van der Waals surface area (Å²) in [4.78, 5) is 18.9. The van der Waals surface area contributed by atoms with Crippen LogP contribution in [-0.2, 0) is 35.0 Å². The number of hydrogen-bond acceptors (Lipinski definition) is 7. The predicted molar refractivity (Wildman–Crippen MR) is 142 cm³/mol. The molecule has 7 nitrogen and oxygen atoms in total. The van der Waals surface area contributed by atoms with Gasteiger partial charge in [0.05, 0.1) is 43.1 Å². The number of fused-ring (bicyclic) bond motifs is 2. The van der Waals surface area contributed by atoms with E-state index in [-0.39, 0.29) is 46.6 Å². The Bertz CT molecular complexity index is 1070. The topological polar surface area (TPSA) is 81.9 Å². The lowest BCUT2D eigenvalue weighted by Gasteiger charge is -2.36. The number of ketones is 1. The Balaban J connectivity index is 1.40. The Labute approximate surface area is 218 Å². The number of hydroxylamine groups is 2. The third-order valence-electron chi connectivity index (χ3n) is 9.63. The number of nitrogens with zero attached hydrogens (tertiary/aromatic N) is 1. The first-order chi connectivity index (χ1) is 16.6. The van der Waals surface area contributed by atoms with Crippen molar-refractivity contribution in [3.8, 4) is 0 Å². The minimum Gasteiger partial charge on any atom is -0.415 e. The van der Waals surface area contributed by atoms with E-state index in [2.05, 4.69) is 33.9 Å². The number of rotatable bonds is 11. The third-order valence-corrected chi connectivity index (χ3v) is 15.5. The van der Waals surface area contributed by atoms with Crippen LogP contribution in [0, 0.1) is 16.7 Å². The average molecular weight is 538 g/mol. The Morgan fingerprint density at radius 3 is 2.28 bits per heavy atom. The van der Waals surface area contributed by atoms with Gasteiger partial charge >= 0.3 is 0 Å². The molecule has 1 aromatic rings. The van der Waals surface area contributed by atoms with Gasteiger partial charge in [0.25, 0.3) is 10.1 Å². The van der Waals surface area contributed by atoms with E-state index in [0.29, 0.717) is 26.1 Å². The smallest absolute Gasteiger partial charge is 0.268 e. The van der Waals surface area contributed by atoms with Gasteiger partial charge in [0.1, 0.15) is 5.78 Å². The Morgan fingerprint density at radius 2 is 1.72 bits per heavy atom. The van der Waals surface area contributed by atoms with Crippen LogP contribution in [0.1, 0.15) is 59.4 Å². The molecule has 9 heteroatoms. The molecule has 0 N–H and O–H groups in total. The molecule has 1 aromatic carbocycles. The van der Waals surface area contributed by atoms with Crippen molar-refractivity contribution in [2.24, 2.45) is 16.7 Å². The molecule has 1 heterocycles. The van der Waals surface area contributed by atoms with Gasteiger partial charge in [0, 0.05) is 6.42 Å². The summed E-state index contributed by atoms with van der Waals surface area (Å²) < 4.78 is 38.2. The fourth-order valence-corrected chi connectivity index (χ4v) is 8.46. The predicted octanol–water partition coefficient (Wildman–Crippen LogP) is 4.93. The normalized spacial score (nSPS) is 31.7. The number of benzene rings is 1. The number of carbonyl (C=O) groups is 1. The molecule has 0 radical (unpaired) electrons. The van der Waals surface area contributed by atoms with Crippen LogP contribution >= 0.6 is 0 Å². The van der Waals surface area contributed by atoms with Crippen LogP contribution in [0.15, 0.2) is 30.3 Å². The molecule has 3 aliphatic rings. The molecule has 0 spiro atoms. The van der Waals surface area contributed by atoms with E-state index in [0.717, 1.165) is 12.0 Å². The first kappa shape index (κ1) is 27.9. The van der Waals surface area contributed by atoms with Gasteiger partial charge in [-0.3, -0.25) is 13.8 Å². The molecule has 36 heavy (non-hydrogen) atoms. The molecule has 3 fully saturated rings. The van der Waals surface area contributed by atoms with Gasteiger partial charge < -0.3 is 4.43 Å². The van der Waals surface area contributed by atoms with E-state index < -0.39 is 23.9 Å². The van der Waals surface area contributed by atoms with Crippen LogP contribution < -0.4 is 0 Å². The first-order valence-corrected chi connectivity index (χ1v) is 17.6. The van der Waals surface area contributed by atoms with E-state index in [1.807, 2.05) is 49.2 Å². The highest BCUT2D eigenvalue weighted by molar-refractivity contribution is 7.86. The second-order valence-corrected chi connectivity index (χ2v) is 19.4. The molecule has 2 aliphatic carbocycles. The average Bonchev–Trinajstić information content (AvgIpc) is 3.36. The minimum absolute atomic E-state index is 0.00320. The molecule has 2 saturated carbocycles. The van der Waals surface area contributed by atoms with Crippen molar-refractivity contribution in [3.63, 3.8) is 0 Å². The Kier molecular flexibility index (Phi) is 7.43. The number of carbonyl (C=O) groups excluding carboxylic acids is 1. The van der Waals surface area contributed by atoms with Crippen molar-refractivity contribution >= 4 is 24.2 Å². The summed E-state index contributed by atoms with van der Waals surface area (Å²) >= 11 is 0. The molecule has 2 bridgehead atoms.